The Morgan fingerprint density at radius 3 is 2.52 bits per heavy atom. The van der Waals surface area contributed by atoms with Crippen molar-refractivity contribution in [2.45, 2.75) is 38.3 Å². The molecule has 0 bridgehead atoms. The molecular formula is C16H25ClN2O2. The molecule has 1 heterocycles. The minimum Gasteiger partial charge on any atom is -0.493 e. The second-order valence-electron chi connectivity index (χ2n) is 6.07. The van der Waals surface area contributed by atoms with Crippen LogP contribution in [0, 0.1) is 0 Å². The molecule has 0 radical (unpaired) electrons. The van der Waals surface area contributed by atoms with Crippen molar-refractivity contribution in [3.8, 4) is 11.5 Å². The molecule has 118 valence electrons. The van der Waals surface area contributed by atoms with Crippen molar-refractivity contribution in [3.63, 3.8) is 0 Å². The second-order valence-corrected chi connectivity index (χ2v) is 6.44. The number of rotatable bonds is 5. The zero-order chi connectivity index (χ0) is 15.6. The third kappa shape index (κ3) is 2.98. The van der Waals surface area contributed by atoms with Gasteiger partial charge in [0.15, 0.2) is 11.5 Å². The summed E-state index contributed by atoms with van der Waals surface area (Å²) < 4.78 is 10.7. The summed E-state index contributed by atoms with van der Waals surface area (Å²) >= 11 is 6.55. The Balaban J connectivity index is 2.43. The van der Waals surface area contributed by atoms with Crippen LogP contribution in [-0.4, -0.2) is 37.7 Å². The summed E-state index contributed by atoms with van der Waals surface area (Å²) in [6.07, 6.45) is 2.36. The molecule has 1 unspecified atom stereocenters. The molecule has 1 aliphatic rings. The quantitative estimate of drug-likeness (QED) is 0.907. The van der Waals surface area contributed by atoms with E-state index in [1.54, 1.807) is 14.2 Å². The largest absolute Gasteiger partial charge is 0.493 e. The lowest BCUT2D eigenvalue weighted by Crippen LogP contribution is -2.43. The molecule has 1 aromatic rings. The summed E-state index contributed by atoms with van der Waals surface area (Å²) in [7, 11) is 3.21. The molecule has 1 saturated heterocycles. The Kier molecular flexibility index (Phi) is 5.02. The third-order valence-corrected chi connectivity index (χ3v) is 4.83. The van der Waals surface area contributed by atoms with Crippen LogP contribution in [0.3, 0.4) is 0 Å². The van der Waals surface area contributed by atoms with Crippen LogP contribution in [-0.2, 0) is 0 Å². The van der Waals surface area contributed by atoms with E-state index in [0.29, 0.717) is 23.1 Å². The van der Waals surface area contributed by atoms with Crippen LogP contribution >= 0.6 is 11.6 Å². The number of ether oxygens (including phenoxy) is 2. The van der Waals surface area contributed by atoms with E-state index in [1.807, 2.05) is 12.1 Å². The lowest BCUT2D eigenvalue weighted by Gasteiger charge is -2.38. The first kappa shape index (κ1) is 16.4. The SMILES string of the molecule is COc1ccc(C(CN)N2CCCC2(C)C)c(Cl)c1OC. The minimum absolute atomic E-state index is 0.0924. The first-order chi connectivity index (χ1) is 9.96. The van der Waals surface area contributed by atoms with Gasteiger partial charge in [-0.15, -0.1) is 0 Å². The fraction of sp³-hybridized carbons (Fsp3) is 0.625. The standard InChI is InChI=1S/C16H25ClN2O2/c1-16(2)8-5-9-19(16)12(10-18)11-6-7-13(20-3)15(21-4)14(11)17/h6-7,12H,5,8-10,18H2,1-4H3. The zero-order valence-corrected chi connectivity index (χ0v) is 14.0. The summed E-state index contributed by atoms with van der Waals surface area (Å²) in [4.78, 5) is 2.44. The van der Waals surface area contributed by atoms with Gasteiger partial charge in [0.25, 0.3) is 0 Å². The van der Waals surface area contributed by atoms with Crippen molar-refractivity contribution in [3.05, 3.63) is 22.7 Å². The van der Waals surface area contributed by atoms with E-state index in [0.717, 1.165) is 12.1 Å². The maximum absolute atomic E-state index is 6.55. The van der Waals surface area contributed by atoms with Crippen LogP contribution in [0.15, 0.2) is 12.1 Å². The summed E-state index contributed by atoms with van der Waals surface area (Å²) in [5, 5.41) is 0.593. The van der Waals surface area contributed by atoms with E-state index in [-0.39, 0.29) is 11.6 Å². The molecular weight excluding hydrogens is 288 g/mol. The molecule has 5 heteroatoms. The van der Waals surface area contributed by atoms with E-state index < -0.39 is 0 Å². The van der Waals surface area contributed by atoms with Crippen LogP contribution in [0.2, 0.25) is 5.02 Å². The number of nitrogens with zero attached hydrogens (tertiary/aromatic N) is 1. The monoisotopic (exact) mass is 312 g/mol. The van der Waals surface area contributed by atoms with Gasteiger partial charge in [0.1, 0.15) is 0 Å². The van der Waals surface area contributed by atoms with Crippen molar-refractivity contribution in [1.29, 1.82) is 0 Å². The fourth-order valence-electron chi connectivity index (χ4n) is 3.29. The molecule has 1 aromatic carbocycles. The molecule has 1 atom stereocenters. The summed E-state index contributed by atoms with van der Waals surface area (Å²) in [5.74, 6) is 1.22. The van der Waals surface area contributed by atoms with Gasteiger partial charge in [-0.1, -0.05) is 17.7 Å². The smallest absolute Gasteiger partial charge is 0.179 e. The van der Waals surface area contributed by atoms with Gasteiger partial charge >= 0.3 is 0 Å². The highest BCUT2D eigenvalue weighted by molar-refractivity contribution is 6.33. The maximum atomic E-state index is 6.55. The van der Waals surface area contributed by atoms with Gasteiger partial charge in [0, 0.05) is 18.1 Å². The predicted octanol–water partition coefficient (Wildman–Crippen LogP) is 3.23. The highest BCUT2D eigenvalue weighted by Gasteiger charge is 2.37. The summed E-state index contributed by atoms with van der Waals surface area (Å²) in [6, 6.07) is 3.98. The summed E-state index contributed by atoms with van der Waals surface area (Å²) in [5.41, 5.74) is 7.21. The lowest BCUT2D eigenvalue weighted by atomic mass is 9.97. The van der Waals surface area contributed by atoms with Crippen LogP contribution < -0.4 is 15.2 Å². The van der Waals surface area contributed by atoms with Crippen molar-refractivity contribution in [2.75, 3.05) is 27.3 Å². The van der Waals surface area contributed by atoms with E-state index in [1.165, 1.54) is 12.8 Å². The average molecular weight is 313 g/mol. The zero-order valence-electron chi connectivity index (χ0n) is 13.3. The molecule has 2 rings (SSSR count). The molecule has 0 aromatic heterocycles. The van der Waals surface area contributed by atoms with Crippen LogP contribution in [0.25, 0.3) is 0 Å². The van der Waals surface area contributed by atoms with E-state index in [9.17, 15) is 0 Å². The molecule has 0 saturated carbocycles. The number of hydrogen-bond acceptors (Lipinski definition) is 4. The normalized spacial score (nSPS) is 19.5. The highest BCUT2D eigenvalue weighted by Crippen LogP contribution is 2.43. The number of likely N-dealkylation sites (tertiary alicyclic amines) is 1. The Hall–Kier alpha value is -0.970. The Morgan fingerprint density at radius 1 is 1.33 bits per heavy atom. The Morgan fingerprint density at radius 2 is 2.05 bits per heavy atom. The van der Waals surface area contributed by atoms with Gasteiger partial charge in [-0.25, -0.2) is 0 Å². The molecule has 1 aliphatic heterocycles. The molecule has 2 N–H and O–H groups in total. The predicted molar refractivity (Wildman–Crippen MR) is 86.4 cm³/mol. The van der Waals surface area contributed by atoms with Crippen molar-refractivity contribution in [1.82, 2.24) is 4.90 Å². The van der Waals surface area contributed by atoms with Gasteiger partial charge in [-0.2, -0.15) is 0 Å². The molecule has 1 fully saturated rings. The van der Waals surface area contributed by atoms with Gasteiger partial charge < -0.3 is 15.2 Å². The average Bonchev–Trinajstić information content (AvgIpc) is 2.80. The Labute approximate surface area is 132 Å². The van der Waals surface area contributed by atoms with Crippen LogP contribution in [0.5, 0.6) is 11.5 Å². The van der Waals surface area contributed by atoms with Crippen LogP contribution in [0.1, 0.15) is 38.3 Å². The van der Waals surface area contributed by atoms with Gasteiger partial charge in [-0.3, -0.25) is 4.90 Å². The minimum atomic E-state index is 0.0924. The molecule has 0 spiro atoms. The van der Waals surface area contributed by atoms with Crippen molar-refractivity contribution in [2.24, 2.45) is 5.73 Å². The first-order valence-corrected chi connectivity index (χ1v) is 7.71. The molecule has 4 nitrogen and oxygen atoms in total. The van der Waals surface area contributed by atoms with Gasteiger partial charge in [0.2, 0.25) is 0 Å². The molecule has 0 amide bonds. The van der Waals surface area contributed by atoms with E-state index >= 15 is 0 Å². The van der Waals surface area contributed by atoms with Gasteiger partial charge in [0.05, 0.1) is 19.2 Å². The number of hydrogen-bond donors (Lipinski definition) is 1. The van der Waals surface area contributed by atoms with E-state index in [2.05, 4.69) is 18.7 Å². The van der Waals surface area contributed by atoms with Crippen molar-refractivity contribution >= 4 is 11.6 Å². The highest BCUT2D eigenvalue weighted by atomic mass is 35.5. The second kappa shape index (κ2) is 6.42. The fourth-order valence-corrected chi connectivity index (χ4v) is 3.65. The summed E-state index contributed by atoms with van der Waals surface area (Å²) in [6.45, 7) is 6.09. The number of halogens is 1. The number of methoxy groups -OCH3 is 2. The van der Waals surface area contributed by atoms with Crippen LogP contribution in [0.4, 0.5) is 0 Å². The third-order valence-electron chi connectivity index (χ3n) is 4.44. The number of nitrogens with two attached hydrogens (primary N) is 1. The lowest BCUT2D eigenvalue weighted by molar-refractivity contribution is 0.119. The molecule has 21 heavy (non-hydrogen) atoms. The topological polar surface area (TPSA) is 47.7 Å². The van der Waals surface area contributed by atoms with Gasteiger partial charge in [-0.05, 0) is 44.9 Å². The Bertz CT molecular complexity index is 505. The van der Waals surface area contributed by atoms with E-state index in [4.69, 9.17) is 26.8 Å². The van der Waals surface area contributed by atoms with Crippen molar-refractivity contribution < 1.29 is 9.47 Å². The molecule has 0 aliphatic carbocycles. The number of benzene rings is 1. The maximum Gasteiger partial charge on any atom is 0.179 e. The first-order valence-electron chi connectivity index (χ1n) is 7.33.